The maximum absolute atomic E-state index is 10.5. The number of aromatic nitrogens is 1. The molecule has 2 unspecified atom stereocenters. The van der Waals surface area contributed by atoms with Crippen molar-refractivity contribution < 1.29 is 14.6 Å². The average molecular weight is 285 g/mol. The van der Waals surface area contributed by atoms with Gasteiger partial charge in [-0.3, -0.25) is 4.98 Å². The lowest BCUT2D eigenvalue weighted by molar-refractivity contribution is 0.122. The summed E-state index contributed by atoms with van der Waals surface area (Å²) in [5.41, 5.74) is 3.08. The highest BCUT2D eigenvalue weighted by Crippen LogP contribution is 2.39. The summed E-state index contributed by atoms with van der Waals surface area (Å²) in [6.45, 7) is 0. The van der Waals surface area contributed by atoms with Crippen molar-refractivity contribution in [2.45, 2.75) is 18.9 Å². The molecule has 0 fully saturated rings. The van der Waals surface area contributed by atoms with E-state index < -0.39 is 6.10 Å². The molecular formula is C17H19NO3. The van der Waals surface area contributed by atoms with Crippen molar-refractivity contribution in [2.75, 3.05) is 14.2 Å². The Hall–Kier alpha value is -2.07. The van der Waals surface area contributed by atoms with E-state index in [2.05, 4.69) is 11.1 Å². The third-order valence-corrected chi connectivity index (χ3v) is 4.12. The standard InChI is InChI=1S/C17H19NO3/c1-20-15-7-8-18-14(17(15)21-2)10-12-9-11-5-3-4-6-13(11)16(12)19/h3-8,12,16,19H,9-10H2,1-2H3. The quantitative estimate of drug-likeness (QED) is 0.938. The largest absolute Gasteiger partial charge is 0.493 e. The highest BCUT2D eigenvalue weighted by molar-refractivity contribution is 5.43. The molecular weight excluding hydrogens is 266 g/mol. The van der Waals surface area contributed by atoms with Crippen molar-refractivity contribution in [3.8, 4) is 11.5 Å². The maximum Gasteiger partial charge on any atom is 0.182 e. The molecule has 4 heteroatoms. The number of aliphatic hydroxyl groups is 1. The highest BCUT2D eigenvalue weighted by atomic mass is 16.5. The van der Waals surface area contributed by atoms with Gasteiger partial charge in [0.1, 0.15) is 0 Å². The van der Waals surface area contributed by atoms with Crippen LogP contribution in [0, 0.1) is 5.92 Å². The molecule has 1 heterocycles. The minimum absolute atomic E-state index is 0.121. The van der Waals surface area contributed by atoms with Crippen LogP contribution in [-0.4, -0.2) is 24.3 Å². The van der Waals surface area contributed by atoms with Gasteiger partial charge in [0, 0.05) is 12.3 Å². The third-order valence-electron chi connectivity index (χ3n) is 4.12. The number of hydrogen-bond donors (Lipinski definition) is 1. The molecule has 1 N–H and O–H groups in total. The first-order valence-electron chi connectivity index (χ1n) is 7.06. The van der Waals surface area contributed by atoms with Crippen molar-refractivity contribution in [3.05, 3.63) is 53.3 Å². The van der Waals surface area contributed by atoms with Crippen molar-refractivity contribution in [2.24, 2.45) is 5.92 Å². The van der Waals surface area contributed by atoms with E-state index in [9.17, 15) is 5.11 Å². The Labute approximate surface area is 124 Å². The highest BCUT2D eigenvalue weighted by Gasteiger charge is 2.31. The van der Waals surface area contributed by atoms with Crippen molar-refractivity contribution >= 4 is 0 Å². The molecule has 0 radical (unpaired) electrons. The molecule has 1 aromatic carbocycles. The van der Waals surface area contributed by atoms with Crippen LogP contribution in [0.25, 0.3) is 0 Å². The summed E-state index contributed by atoms with van der Waals surface area (Å²) in [6, 6.07) is 9.83. The Kier molecular flexibility index (Phi) is 3.80. The van der Waals surface area contributed by atoms with Crippen LogP contribution >= 0.6 is 0 Å². The fourth-order valence-electron chi connectivity index (χ4n) is 3.08. The second-order valence-corrected chi connectivity index (χ2v) is 5.31. The van der Waals surface area contributed by atoms with Gasteiger partial charge in [0.2, 0.25) is 0 Å². The first kappa shape index (κ1) is 13.9. The molecule has 0 aliphatic heterocycles. The fourth-order valence-corrected chi connectivity index (χ4v) is 3.08. The Morgan fingerprint density at radius 1 is 1.19 bits per heavy atom. The molecule has 1 aromatic heterocycles. The van der Waals surface area contributed by atoms with Crippen LogP contribution in [0.3, 0.4) is 0 Å². The van der Waals surface area contributed by atoms with Gasteiger partial charge in [0.15, 0.2) is 11.5 Å². The number of benzene rings is 1. The number of rotatable bonds is 4. The zero-order valence-corrected chi connectivity index (χ0v) is 12.2. The van der Waals surface area contributed by atoms with E-state index in [0.717, 1.165) is 17.7 Å². The van der Waals surface area contributed by atoms with Gasteiger partial charge in [-0.2, -0.15) is 0 Å². The molecule has 2 aromatic rings. The number of fused-ring (bicyclic) bond motifs is 1. The Balaban J connectivity index is 1.86. The SMILES string of the molecule is COc1ccnc(CC2Cc3ccccc3C2O)c1OC. The van der Waals surface area contributed by atoms with Crippen LogP contribution in [-0.2, 0) is 12.8 Å². The van der Waals surface area contributed by atoms with Crippen molar-refractivity contribution in [1.29, 1.82) is 0 Å². The van der Waals surface area contributed by atoms with E-state index in [1.165, 1.54) is 5.56 Å². The molecule has 4 nitrogen and oxygen atoms in total. The monoisotopic (exact) mass is 285 g/mol. The molecule has 21 heavy (non-hydrogen) atoms. The molecule has 2 atom stereocenters. The predicted octanol–water partition coefficient (Wildman–Crippen LogP) is 2.55. The third kappa shape index (κ3) is 2.47. The lowest BCUT2D eigenvalue weighted by Crippen LogP contribution is -2.12. The first-order chi connectivity index (χ1) is 10.2. The van der Waals surface area contributed by atoms with Gasteiger partial charge in [-0.25, -0.2) is 0 Å². The second kappa shape index (κ2) is 5.74. The number of methoxy groups -OCH3 is 2. The van der Waals surface area contributed by atoms with Crippen LogP contribution in [0.4, 0.5) is 0 Å². The lowest BCUT2D eigenvalue weighted by Gasteiger charge is -2.17. The maximum atomic E-state index is 10.5. The van der Waals surface area contributed by atoms with Gasteiger partial charge in [0.25, 0.3) is 0 Å². The minimum Gasteiger partial charge on any atom is -0.493 e. The first-order valence-corrected chi connectivity index (χ1v) is 7.06. The fraction of sp³-hybridized carbons (Fsp3) is 0.353. The molecule has 0 spiro atoms. The van der Waals surface area contributed by atoms with E-state index in [0.29, 0.717) is 17.9 Å². The summed E-state index contributed by atoms with van der Waals surface area (Å²) in [5, 5.41) is 10.5. The van der Waals surface area contributed by atoms with Crippen LogP contribution in [0.1, 0.15) is 22.9 Å². The number of aliphatic hydroxyl groups excluding tert-OH is 1. The van der Waals surface area contributed by atoms with Gasteiger partial charge in [-0.1, -0.05) is 24.3 Å². The summed E-state index contributed by atoms with van der Waals surface area (Å²) in [4.78, 5) is 4.40. The zero-order valence-electron chi connectivity index (χ0n) is 12.2. The average Bonchev–Trinajstić information content (AvgIpc) is 2.83. The normalized spacial score (nSPS) is 20.1. The summed E-state index contributed by atoms with van der Waals surface area (Å²) in [7, 11) is 3.23. The van der Waals surface area contributed by atoms with Gasteiger partial charge < -0.3 is 14.6 Å². The van der Waals surface area contributed by atoms with Crippen molar-refractivity contribution in [1.82, 2.24) is 4.98 Å². The van der Waals surface area contributed by atoms with Crippen LogP contribution in [0.5, 0.6) is 11.5 Å². The van der Waals surface area contributed by atoms with Gasteiger partial charge in [-0.05, 0) is 29.9 Å². The lowest BCUT2D eigenvalue weighted by atomic mass is 9.97. The van der Waals surface area contributed by atoms with E-state index in [4.69, 9.17) is 9.47 Å². The Morgan fingerprint density at radius 3 is 2.71 bits per heavy atom. The van der Waals surface area contributed by atoms with E-state index in [1.54, 1.807) is 26.5 Å². The molecule has 0 saturated carbocycles. The van der Waals surface area contributed by atoms with Gasteiger partial charge >= 0.3 is 0 Å². The Morgan fingerprint density at radius 2 is 2.00 bits per heavy atom. The number of nitrogens with zero attached hydrogens (tertiary/aromatic N) is 1. The van der Waals surface area contributed by atoms with Crippen LogP contribution in [0.2, 0.25) is 0 Å². The molecule has 1 aliphatic carbocycles. The zero-order chi connectivity index (χ0) is 14.8. The smallest absolute Gasteiger partial charge is 0.182 e. The molecule has 3 rings (SSSR count). The van der Waals surface area contributed by atoms with Gasteiger partial charge in [0.05, 0.1) is 26.0 Å². The summed E-state index contributed by atoms with van der Waals surface area (Å²) in [5.74, 6) is 1.45. The van der Waals surface area contributed by atoms with Crippen molar-refractivity contribution in [3.63, 3.8) is 0 Å². The predicted molar refractivity (Wildman–Crippen MR) is 79.6 cm³/mol. The molecule has 0 saturated heterocycles. The molecule has 110 valence electrons. The summed E-state index contributed by atoms with van der Waals surface area (Å²) < 4.78 is 10.7. The van der Waals surface area contributed by atoms with Gasteiger partial charge in [-0.15, -0.1) is 0 Å². The topological polar surface area (TPSA) is 51.6 Å². The van der Waals surface area contributed by atoms with E-state index >= 15 is 0 Å². The summed E-state index contributed by atoms with van der Waals surface area (Å²) in [6.07, 6.45) is 2.79. The summed E-state index contributed by atoms with van der Waals surface area (Å²) >= 11 is 0. The van der Waals surface area contributed by atoms with E-state index in [-0.39, 0.29) is 5.92 Å². The minimum atomic E-state index is -0.445. The van der Waals surface area contributed by atoms with E-state index in [1.807, 2.05) is 18.2 Å². The number of pyridine rings is 1. The molecule has 0 bridgehead atoms. The van der Waals surface area contributed by atoms with Crippen LogP contribution in [0.15, 0.2) is 36.5 Å². The van der Waals surface area contributed by atoms with Crippen LogP contribution < -0.4 is 9.47 Å². The molecule has 1 aliphatic rings. The second-order valence-electron chi connectivity index (χ2n) is 5.31. The number of hydrogen-bond acceptors (Lipinski definition) is 4. The Bertz CT molecular complexity index is 642. The number of ether oxygens (including phenoxy) is 2. The molecule has 0 amide bonds.